The molecule has 132 valence electrons. The molecule has 0 bridgehead atoms. The van der Waals surface area contributed by atoms with Crippen molar-refractivity contribution in [3.8, 4) is 0 Å². The lowest BCUT2D eigenvalue weighted by Gasteiger charge is -2.14. The Morgan fingerprint density at radius 1 is 1.33 bits per heavy atom. The Morgan fingerprint density at radius 2 is 2.12 bits per heavy atom. The number of pyridine rings is 1. The highest BCUT2D eigenvalue weighted by Crippen LogP contribution is 2.09. The maximum atomic E-state index is 4.46. The van der Waals surface area contributed by atoms with Crippen molar-refractivity contribution in [1.29, 1.82) is 0 Å². The van der Waals surface area contributed by atoms with Gasteiger partial charge >= 0.3 is 0 Å². The Bertz CT molecular complexity index is 656. The number of rotatable bonds is 6. The van der Waals surface area contributed by atoms with Crippen molar-refractivity contribution in [3.05, 3.63) is 40.0 Å². The molecule has 0 amide bonds. The number of halogens is 1. The van der Waals surface area contributed by atoms with Crippen LogP contribution in [0.15, 0.2) is 28.7 Å². The van der Waals surface area contributed by atoms with Gasteiger partial charge in [-0.2, -0.15) is 0 Å². The van der Waals surface area contributed by atoms with Gasteiger partial charge in [0.05, 0.1) is 10.7 Å². The average molecular weight is 460 g/mol. The predicted octanol–water partition coefficient (Wildman–Crippen LogP) is 2.44. The fraction of sp³-hybridized carbons (Fsp3) is 0.438. The van der Waals surface area contributed by atoms with Crippen LogP contribution in [0.1, 0.15) is 16.3 Å². The van der Waals surface area contributed by atoms with Crippen LogP contribution in [0.4, 0.5) is 5.82 Å². The maximum absolute atomic E-state index is 4.46. The van der Waals surface area contributed by atoms with Crippen LogP contribution in [0.2, 0.25) is 0 Å². The van der Waals surface area contributed by atoms with Gasteiger partial charge in [0.1, 0.15) is 5.82 Å². The molecule has 0 spiro atoms. The number of nitrogens with zero attached hydrogens (tertiary/aromatic N) is 4. The van der Waals surface area contributed by atoms with Gasteiger partial charge in [-0.15, -0.1) is 35.3 Å². The molecule has 0 atom stereocenters. The highest BCUT2D eigenvalue weighted by molar-refractivity contribution is 14.0. The molecule has 0 saturated heterocycles. The third-order valence-corrected chi connectivity index (χ3v) is 4.11. The fourth-order valence-corrected chi connectivity index (χ4v) is 2.70. The van der Waals surface area contributed by atoms with Gasteiger partial charge in [-0.3, -0.25) is 4.99 Å². The van der Waals surface area contributed by atoms with Gasteiger partial charge in [0.2, 0.25) is 0 Å². The molecule has 0 aliphatic rings. The van der Waals surface area contributed by atoms with E-state index in [9.17, 15) is 0 Å². The van der Waals surface area contributed by atoms with Crippen molar-refractivity contribution in [2.45, 2.75) is 19.9 Å². The Kier molecular flexibility index (Phi) is 8.98. The maximum Gasteiger partial charge on any atom is 0.191 e. The van der Waals surface area contributed by atoms with E-state index in [4.69, 9.17) is 0 Å². The van der Waals surface area contributed by atoms with E-state index in [0.717, 1.165) is 35.4 Å². The van der Waals surface area contributed by atoms with Gasteiger partial charge in [-0.1, -0.05) is 0 Å². The van der Waals surface area contributed by atoms with Gasteiger partial charge in [0.15, 0.2) is 5.96 Å². The minimum Gasteiger partial charge on any atom is -0.363 e. The van der Waals surface area contributed by atoms with Crippen molar-refractivity contribution in [1.82, 2.24) is 20.6 Å². The van der Waals surface area contributed by atoms with Crippen molar-refractivity contribution in [2.75, 3.05) is 32.6 Å². The highest BCUT2D eigenvalue weighted by atomic mass is 127. The first-order valence-corrected chi connectivity index (χ1v) is 8.44. The van der Waals surface area contributed by atoms with E-state index in [1.807, 2.05) is 38.2 Å². The summed E-state index contributed by atoms with van der Waals surface area (Å²) in [5.41, 5.74) is 2.29. The van der Waals surface area contributed by atoms with Crippen LogP contribution in [-0.4, -0.2) is 43.6 Å². The number of guanidine groups is 1. The largest absolute Gasteiger partial charge is 0.363 e. The van der Waals surface area contributed by atoms with E-state index in [-0.39, 0.29) is 24.0 Å². The molecular weight excluding hydrogens is 435 g/mol. The average Bonchev–Trinajstić information content (AvgIpc) is 2.96. The van der Waals surface area contributed by atoms with Gasteiger partial charge in [0, 0.05) is 52.2 Å². The zero-order valence-corrected chi connectivity index (χ0v) is 17.7. The van der Waals surface area contributed by atoms with E-state index in [2.05, 4.69) is 37.0 Å². The molecule has 24 heavy (non-hydrogen) atoms. The number of aromatic nitrogens is 2. The number of aryl methyl sites for hydroxylation is 1. The summed E-state index contributed by atoms with van der Waals surface area (Å²) in [5, 5.41) is 9.84. The molecule has 0 radical (unpaired) electrons. The molecule has 0 aromatic carbocycles. The van der Waals surface area contributed by atoms with Crippen LogP contribution in [-0.2, 0) is 13.0 Å². The standard InChI is InChI=1S/C16H24N6S.HI/c1-12-21-14(11-23-12)6-8-19-16(17-2)20-10-13-5-7-18-15(9-13)22(3)4;/h5,7,9,11H,6,8,10H2,1-4H3,(H2,17,19,20);1H. The van der Waals surface area contributed by atoms with Crippen molar-refractivity contribution in [3.63, 3.8) is 0 Å². The first-order chi connectivity index (χ1) is 11.1. The van der Waals surface area contributed by atoms with E-state index in [1.54, 1.807) is 18.4 Å². The van der Waals surface area contributed by atoms with Gasteiger partial charge in [-0.05, 0) is 24.6 Å². The van der Waals surface area contributed by atoms with Gasteiger partial charge in [0.25, 0.3) is 0 Å². The Balaban J connectivity index is 0.00000288. The molecule has 2 N–H and O–H groups in total. The number of hydrogen-bond donors (Lipinski definition) is 2. The zero-order valence-electron chi connectivity index (χ0n) is 14.5. The number of thiazole rings is 1. The van der Waals surface area contributed by atoms with E-state index < -0.39 is 0 Å². The normalized spacial score (nSPS) is 10.9. The lowest BCUT2D eigenvalue weighted by molar-refractivity contribution is 0.785. The molecule has 0 saturated carbocycles. The summed E-state index contributed by atoms with van der Waals surface area (Å²) < 4.78 is 0. The molecule has 0 aliphatic carbocycles. The third-order valence-electron chi connectivity index (χ3n) is 3.29. The zero-order chi connectivity index (χ0) is 16.7. The minimum absolute atomic E-state index is 0. The first kappa shape index (κ1) is 20.6. The molecule has 2 rings (SSSR count). The van der Waals surface area contributed by atoms with Gasteiger partial charge in [-0.25, -0.2) is 9.97 Å². The molecule has 0 aliphatic heterocycles. The Morgan fingerprint density at radius 3 is 2.75 bits per heavy atom. The molecule has 6 nitrogen and oxygen atoms in total. The summed E-state index contributed by atoms with van der Waals surface area (Å²) >= 11 is 1.69. The van der Waals surface area contributed by atoms with E-state index >= 15 is 0 Å². The molecule has 0 fully saturated rings. The summed E-state index contributed by atoms with van der Waals surface area (Å²) in [4.78, 5) is 15.0. The first-order valence-electron chi connectivity index (χ1n) is 7.56. The van der Waals surface area contributed by atoms with Crippen LogP contribution in [0.25, 0.3) is 0 Å². The minimum atomic E-state index is 0. The summed E-state index contributed by atoms with van der Waals surface area (Å²) in [6.07, 6.45) is 2.72. The van der Waals surface area contributed by atoms with Crippen LogP contribution in [0.5, 0.6) is 0 Å². The molecule has 0 unspecified atom stereocenters. The van der Waals surface area contributed by atoms with Crippen LogP contribution < -0.4 is 15.5 Å². The van der Waals surface area contributed by atoms with Crippen LogP contribution in [0.3, 0.4) is 0 Å². The topological polar surface area (TPSA) is 65.4 Å². The third kappa shape index (κ3) is 6.60. The Labute approximate surface area is 164 Å². The highest BCUT2D eigenvalue weighted by Gasteiger charge is 2.02. The molecule has 2 aromatic rings. The second-order valence-corrected chi connectivity index (χ2v) is 6.44. The lowest BCUT2D eigenvalue weighted by atomic mass is 10.2. The molecule has 2 aromatic heterocycles. The summed E-state index contributed by atoms with van der Waals surface area (Å²) in [7, 11) is 5.75. The predicted molar refractivity (Wildman–Crippen MR) is 113 cm³/mol. The van der Waals surface area contributed by atoms with Crippen LogP contribution >= 0.6 is 35.3 Å². The summed E-state index contributed by atoms with van der Waals surface area (Å²) in [5.74, 6) is 1.74. The molecule has 8 heteroatoms. The monoisotopic (exact) mass is 460 g/mol. The molecular formula is C16H25IN6S. The fourth-order valence-electron chi connectivity index (χ4n) is 2.05. The van der Waals surface area contributed by atoms with E-state index in [0.29, 0.717) is 6.54 Å². The van der Waals surface area contributed by atoms with Crippen LogP contribution in [0, 0.1) is 6.92 Å². The number of aliphatic imine (C=N–C) groups is 1. The summed E-state index contributed by atoms with van der Waals surface area (Å²) in [6, 6.07) is 4.07. The van der Waals surface area contributed by atoms with Crippen molar-refractivity contribution in [2.24, 2.45) is 4.99 Å². The van der Waals surface area contributed by atoms with Gasteiger partial charge < -0.3 is 15.5 Å². The second-order valence-electron chi connectivity index (χ2n) is 5.38. The second kappa shape index (κ2) is 10.4. The number of hydrogen-bond acceptors (Lipinski definition) is 5. The van der Waals surface area contributed by atoms with E-state index in [1.165, 1.54) is 5.56 Å². The SMILES string of the molecule is CN=C(NCCc1csc(C)n1)NCc1ccnc(N(C)C)c1.I. The smallest absolute Gasteiger partial charge is 0.191 e. The lowest BCUT2D eigenvalue weighted by Crippen LogP contribution is -2.37. The number of anilines is 1. The Hall–Kier alpha value is -1.42. The number of nitrogens with one attached hydrogen (secondary N) is 2. The molecule has 2 heterocycles. The van der Waals surface area contributed by atoms with Crippen molar-refractivity contribution < 1.29 is 0 Å². The summed E-state index contributed by atoms with van der Waals surface area (Å²) in [6.45, 7) is 3.54. The quantitative estimate of drug-likeness (QED) is 0.394. The van der Waals surface area contributed by atoms with Crippen molar-refractivity contribution >= 4 is 47.1 Å².